The second-order valence-electron chi connectivity index (χ2n) is 6.53. The molecule has 0 saturated heterocycles. The smallest absolute Gasteiger partial charge is 0.307 e. The lowest BCUT2D eigenvalue weighted by Gasteiger charge is -2.13. The molecule has 1 heterocycles. The number of carbonyl (C=O) groups is 1. The van der Waals surface area contributed by atoms with Crippen LogP contribution in [0, 0.1) is 0 Å². The summed E-state index contributed by atoms with van der Waals surface area (Å²) in [6.07, 6.45) is 6.78. The minimum Gasteiger partial charge on any atom is -0.481 e. The van der Waals surface area contributed by atoms with Gasteiger partial charge in [-0.3, -0.25) is 9.78 Å². The third-order valence-electron chi connectivity index (χ3n) is 4.79. The van der Waals surface area contributed by atoms with Gasteiger partial charge in [0.15, 0.2) is 0 Å². The molecule has 0 bridgehead atoms. The number of fused-ring (bicyclic) bond motifs is 1. The number of hydrogen-bond acceptors (Lipinski definition) is 2. The summed E-state index contributed by atoms with van der Waals surface area (Å²) < 4.78 is 0. The molecule has 1 fully saturated rings. The van der Waals surface area contributed by atoms with Crippen LogP contribution < -0.4 is 0 Å². The third-order valence-corrected chi connectivity index (χ3v) is 4.79. The van der Waals surface area contributed by atoms with E-state index in [2.05, 4.69) is 41.4 Å². The number of pyridine rings is 1. The van der Waals surface area contributed by atoms with Crippen LogP contribution in [0.3, 0.4) is 0 Å². The van der Waals surface area contributed by atoms with Crippen molar-refractivity contribution in [3.8, 4) is 0 Å². The van der Waals surface area contributed by atoms with Crippen LogP contribution in [0.4, 0.5) is 0 Å². The number of nitrogens with zero attached hydrogens (tertiary/aromatic N) is 1. The van der Waals surface area contributed by atoms with Gasteiger partial charge in [0.05, 0.1) is 6.42 Å². The predicted octanol–water partition coefficient (Wildman–Crippen LogP) is 4.33. The minimum atomic E-state index is -0.809. The molecule has 3 nitrogen and oxygen atoms in total. The van der Waals surface area contributed by atoms with E-state index >= 15 is 0 Å². The molecule has 0 atom stereocenters. The Morgan fingerprint density at radius 1 is 1.00 bits per heavy atom. The normalized spacial score (nSPS) is 14.0. The topological polar surface area (TPSA) is 50.2 Å². The summed E-state index contributed by atoms with van der Waals surface area (Å²) in [6.45, 7) is 0. The molecule has 120 valence electrons. The summed E-state index contributed by atoms with van der Waals surface area (Å²) in [6, 6.07) is 14.8. The number of hydrogen-bond donors (Lipinski definition) is 1. The fourth-order valence-corrected chi connectivity index (χ4v) is 3.44. The second kappa shape index (κ2) is 6.08. The maximum atomic E-state index is 11.1. The Balaban J connectivity index is 1.76. The first-order valence-electron chi connectivity index (χ1n) is 8.36. The lowest BCUT2D eigenvalue weighted by atomic mass is 9.92. The van der Waals surface area contributed by atoms with Gasteiger partial charge in [0.25, 0.3) is 0 Å². The van der Waals surface area contributed by atoms with E-state index in [0.717, 1.165) is 11.1 Å². The lowest BCUT2D eigenvalue weighted by molar-refractivity contribution is -0.136. The van der Waals surface area contributed by atoms with E-state index in [-0.39, 0.29) is 6.42 Å². The summed E-state index contributed by atoms with van der Waals surface area (Å²) in [5.41, 5.74) is 4.51. The van der Waals surface area contributed by atoms with Gasteiger partial charge in [0.2, 0.25) is 0 Å². The van der Waals surface area contributed by atoms with Gasteiger partial charge in [0.1, 0.15) is 0 Å². The third kappa shape index (κ3) is 2.90. The molecule has 3 aromatic rings. The Labute approximate surface area is 141 Å². The van der Waals surface area contributed by atoms with E-state index in [1.54, 1.807) is 12.4 Å². The summed E-state index contributed by atoms with van der Waals surface area (Å²) in [4.78, 5) is 15.3. The molecule has 3 heteroatoms. The van der Waals surface area contributed by atoms with Gasteiger partial charge in [-0.1, -0.05) is 36.4 Å². The average Bonchev–Trinajstić information content (AvgIpc) is 3.41. The zero-order chi connectivity index (χ0) is 16.5. The standard InChI is InChI=1S/C21H19NO2/c23-21(24)12-15-9-10-22-13-17(15)11-16-7-8-19(14-5-6-14)20-4-2-1-3-18(16)20/h1-4,7-10,13-14H,5-6,11-12H2,(H,23,24). The van der Waals surface area contributed by atoms with Gasteiger partial charge in [-0.15, -0.1) is 0 Å². The van der Waals surface area contributed by atoms with Crippen LogP contribution in [0.5, 0.6) is 0 Å². The van der Waals surface area contributed by atoms with Gasteiger partial charge in [-0.25, -0.2) is 0 Å². The largest absolute Gasteiger partial charge is 0.481 e. The molecule has 0 aliphatic heterocycles. The molecule has 1 aliphatic rings. The highest BCUT2D eigenvalue weighted by molar-refractivity contribution is 5.89. The Morgan fingerprint density at radius 3 is 2.54 bits per heavy atom. The molecular formula is C21H19NO2. The Kier molecular flexibility index (Phi) is 3.77. The van der Waals surface area contributed by atoms with Gasteiger partial charge in [-0.05, 0) is 64.3 Å². The van der Waals surface area contributed by atoms with Crippen LogP contribution in [0.25, 0.3) is 10.8 Å². The lowest BCUT2D eigenvalue weighted by Crippen LogP contribution is -2.05. The van der Waals surface area contributed by atoms with Crippen LogP contribution in [0.1, 0.15) is 41.0 Å². The van der Waals surface area contributed by atoms with Gasteiger partial charge < -0.3 is 5.11 Å². The van der Waals surface area contributed by atoms with Crippen molar-refractivity contribution in [1.29, 1.82) is 0 Å². The average molecular weight is 317 g/mol. The van der Waals surface area contributed by atoms with Crippen molar-refractivity contribution in [2.24, 2.45) is 0 Å². The van der Waals surface area contributed by atoms with Crippen molar-refractivity contribution in [2.75, 3.05) is 0 Å². The van der Waals surface area contributed by atoms with Crippen molar-refractivity contribution in [1.82, 2.24) is 4.98 Å². The first kappa shape index (κ1) is 14.9. The van der Waals surface area contributed by atoms with Crippen LogP contribution >= 0.6 is 0 Å². The van der Waals surface area contributed by atoms with Crippen molar-refractivity contribution in [2.45, 2.75) is 31.6 Å². The van der Waals surface area contributed by atoms with E-state index < -0.39 is 5.97 Å². The summed E-state index contributed by atoms with van der Waals surface area (Å²) in [5, 5.41) is 11.7. The van der Waals surface area contributed by atoms with Gasteiger partial charge in [-0.2, -0.15) is 0 Å². The van der Waals surface area contributed by atoms with Gasteiger partial charge in [0, 0.05) is 12.4 Å². The van der Waals surface area contributed by atoms with Crippen LogP contribution in [0.2, 0.25) is 0 Å². The van der Waals surface area contributed by atoms with Crippen molar-refractivity contribution >= 4 is 16.7 Å². The molecular weight excluding hydrogens is 298 g/mol. The van der Waals surface area contributed by atoms with Crippen molar-refractivity contribution in [3.05, 3.63) is 77.1 Å². The highest BCUT2D eigenvalue weighted by atomic mass is 16.4. The SMILES string of the molecule is O=C(O)Cc1ccncc1Cc1ccc(C2CC2)c2ccccc12. The molecule has 1 N–H and O–H groups in total. The Hall–Kier alpha value is -2.68. The zero-order valence-corrected chi connectivity index (χ0v) is 13.4. The quantitative estimate of drug-likeness (QED) is 0.762. The summed E-state index contributed by atoms with van der Waals surface area (Å²) in [5.74, 6) is -0.0960. The highest BCUT2D eigenvalue weighted by Crippen LogP contribution is 2.43. The monoisotopic (exact) mass is 317 g/mol. The zero-order valence-electron chi connectivity index (χ0n) is 13.4. The summed E-state index contributed by atoms with van der Waals surface area (Å²) in [7, 11) is 0. The number of aromatic nitrogens is 1. The van der Waals surface area contributed by atoms with Crippen LogP contribution in [-0.2, 0) is 17.6 Å². The number of carboxylic acid groups (broad SMARTS) is 1. The molecule has 0 unspecified atom stereocenters. The fraction of sp³-hybridized carbons (Fsp3) is 0.238. The molecule has 0 spiro atoms. The molecule has 2 aromatic carbocycles. The fourth-order valence-electron chi connectivity index (χ4n) is 3.44. The van der Waals surface area contributed by atoms with Crippen LogP contribution in [0.15, 0.2) is 54.9 Å². The van der Waals surface area contributed by atoms with Gasteiger partial charge >= 0.3 is 5.97 Å². The molecule has 24 heavy (non-hydrogen) atoms. The molecule has 1 saturated carbocycles. The molecule has 0 radical (unpaired) electrons. The first-order valence-corrected chi connectivity index (χ1v) is 8.36. The van der Waals surface area contributed by atoms with Crippen molar-refractivity contribution in [3.63, 3.8) is 0 Å². The number of aliphatic carboxylic acids is 1. The van der Waals surface area contributed by atoms with E-state index in [0.29, 0.717) is 12.3 Å². The molecule has 4 rings (SSSR count). The molecule has 0 amide bonds. The predicted molar refractivity (Wildman–Crippen MR) is 94.3 cm³/mol. The first-order chi connectivity index (χ1) is 11.7. The second-order valence-corrected chi connectivity index (χ2v) is 6.53. The minimum absolute atomic E-state index is 0.0376. The van der Waals surface area contributed by atoms with E-state index in [4.69, 9.17) is 5.11 Å². The Bertz CT molecular complexity index is 913. The van der Waals surface area contributed by atoms with E-state index in [1.165, 1.54) is 34.7 Å². The molecule has 1 aromatic heterocycles. The van der Waals surface area contributed by atoms with Crippen molar-refractivity contribution < 1.29 is 9.90 Å². The number of rotatable bonds is 5. The highest BCUT2D eigenvalue weighted by Gasteiger charge is 2.25. The van der Waals surface area contributed by atoms with E-state index in [9.17, 15) is 4.79 Å². The van der Waals surface area contributed by atoms with E-state index in [1.807, 2.05) is 6.07 Å². The summed E-state index contributed by atoms with van der Waals surface area (Å²) >= 11 is 0. The molecule has 1 aliphatic carbocycles. The van der Waals surface area contributed by atoms with Crippen LogP contribution in [-0.4, -0.2) is 16.1 Å². The number of carboxylic acids is 1. The Morgan fingerprint density at radius 2 is 1.79 bits per heavy atom. The maximum Gasteiger partial charge on any atom is 0.307 e. The maximum absolute atomic E-state index is 11.1. The number of benzene rings is 2.